The highest BCUT2D eigenvalue weighted by Gasteiger charge is 2.33. The number of hydrogen-bond donors (Lipinski definition) is 0. The van der Waals surface area contributed by atoms with Crippen LogP contribution in [0, 0.1) is 5.92 Å². The minimum atomic E-state index is -4.47. The SMILES string of the molecule is COC(=O)C1CCN(c2ncc(C(F)(F)F)cc2Cl)CC1. The van der Waals surface area contributed by atoms with Gasteiger partial charge in [0, 0.05) is 19.3 Å². The van der Waals surface area contributed by atoms with E-state index in [0.717, 1.165) is 12.3 Å². The number of carbonyl (C=O) groups is 1. The van der Waals surface area contributed by atoms with E-state index in [0.29, 0.717) is 31.7 Å². The number of rotatable bonds is 2. The fourth-order valence-corrected chi connectivity index (χ4v) is 2.60. The van der Waals surface area contributed by atoms with E-state index in [2.05, 4.69) is 9.72 Å². The van der Waals surface area contributed by atoms with Crippen LogP contribution in [0.25, 0.3) is 0 Å². The average molecular weight is 323 g/mol. The van der Waals surface area contributed by atoms with E-state index in [1.165, 1.54) is 7.11 Å². The van der Waals surface area contributed by atoms with Crippen molar-refractivity contribution in [3.63, 3.8) is 0 Å². The van der Waals surface area contributed by atoms with Crippen molar-refractivity contribution in [2.75, 3.05) is 25.1 Å². The van der Waals surface area contributed by atoms with E-state index < -0.39 is 11.7 Å². The fourth-order valence-electron chi connectivity index (χ4n) is 2.31. The Balaban J connectivity index is 2.09. The van der Waals surface area contributed by atoms with Gasteiger partial charge in [0.05, 0.1) is 23.6 Å². The van der Waals surface area contributed by atoms with Crippen LogP contribution in [0.3, 0.4) is 0 Å². The maximum Gasteiger partial charge on any atom is 0.417 e. The molecule has 0 unspecified atom stereocenters. The van der Waals surface area contributed by atoms with Gasteiger partial charge in [0.25, 0.3) is 0 Å². The molecule has 4 nitrogen and oxygen atoms in total. The highest BCUT2D eigenvalue weighted by Crippen LogP contribution is 2.34. The number of aromatic nitrogens is 1. The Morgan fingerprint density at radius 1 is 1.43 bits per heavy atom. The van der Waals surface area contributed by atoms with Crippen LogP contribution in [0.1, 0.15) is 18.4 Å². The minimum absolute atomic E-state index is 0.0404. The van der Waals surface area contributed by atoms with Crippen molar-refractivity contribution in [1.29, 1.82) is 0 Å². The normalized spacial score (nSPS) is 16.9. The third-order valence-electron chi connectivity index (χ3n) is 3.48. The third kappa shape index (κ3) is 3.58. The predicted molar refractivity (Wildman–Crippen MR) is 71.2 cm³/mol. The number of piperidine rings is 1. The summed E-state index contributed by atoms with van der Waals surface area (Å²) in [6.45, 7) is 0.996. The average Bonchev–Trinajstić information content (AvgIpc) is 2.45. The zero-order valence-electron chi connectivity index (χ0n) is 11.3. The monoisotopic (exact) mass is 322 g/mol. The molecule has 8 heteroatoms. The summed E-state index contributed by atoms with van der Waals surface area (Å²) in [5, 5.41) is -0.0404. The first kappa shape index (κ1) is 15.9. The molecule has 0 atom stereocenters. The first-order valence-corrected chi connectivity index (χ1v) is 6.76. The van der Waals surface area contributed by atoms with Crippen molar-refractivity contribution in [3.8, 4) is 0 Å². The van der Waals surface area contributed by atoms with Gasteiger partial charge in [-0.15, -0.1) is 0 Å². The molecule has 0 radical (unpaired) electrons. The van der Waals surface area contributed by atoms with E-state index in [9.17, 15) is 18.0 Å². The second kappa shape index (κ2) is 6.09. The lowest BCUT2D eigenvalue weighted by Crippen LogP contribution is -2.37. The number of hydrogen-bond acceptors (Lipinski definition) is 4. The molecule has 1 aliphatic heterocycles. The molecule has 21 heavy (non-hydrogen) atoms. The molecular weight excluding hydrogens is 309 g/mol. The van der Waals surface area contributed by atoms with Crippen molar-refractivity contribution >= 4 is 23.4 Å². The van der Waals surface area contributed by atoms with E-state index in [1.807, 2.05) is 0 Å². The Labute approximate surface area is 124 Å². The summed E-state index contributed by atoms with van der Waals surface area (Å²) in [5.41, 5.74) is -0.874. The Morgan fingerprint density at radius 3 is 2.52 bits per heavy atom. The molecule has 0 spiro atoms. The highest BCUT2D eigenvalue weighted by molar-refractivity contribution is 6.33. The van der Waals surface area contributed by atoms with Crippen molar-refractivity contribution in [2.24, 2.45) is 5.92 Å². The number of ether oxygens (including phenoxy) is 1. The van der Waals surface area contributed by atoms with Crippen LogP contribution in [0.4, 0.5) is 19.0 Å². The summed E-state index contributed by atoms with van der Waals surface area (Å²) in [4.78, 5) is 17.0. The molecule has 1 aromatic rings. The molecule has 1 saturated heterocycles. The van der Waals surface area contributed by atoms with Crippen molar-refractivity contribution in [2.45, 2.75) is 19.0 Å². The van der Waals surface area contributed by atoms with Gasteiger partial charge in [0.15, 0.2) is 0 Å². The molecule has 0 amide bonds. The number of pyridine rings is 1. The molecule has 2 rings (SSSR count). The summed E-state index contributed by atoms with van der Waals surface area (Å²) in [7, 11) is 1.34. The molecular formula is C13H14ClF3N2O2. The second-order valence-electron chi connectivity index (χ2n) is 4.81. The van der Waals surface area contributed by atoms with Crippen molar-refractivity contribution in [3.05, 3.63) is 22.8 Å². The lowest BCUT2D eigenvalue weighted by atomic mass is 9.97. The lowest BCUT2D eigenvalue weighted by molar-refractivity contribution is -0.146. The number of esters is 1. The molecule has 0 saturated carbocycles. The summed E-state index contributed by atoms with van der Waals surface area (Å²) >= 11 is 5.90. The van der Waals surface area contributed by atoms with Crippen LogP contribution in [0.15, 0.2) is 12.3 Å². The minimum Gasteiger partial charge on any atom is -0.469 e. The summed E-state index contributed by atoms with van der Waals surface area (Å²) in [6.07, 6.45) is -2.57. The standard InChI is InChI=1S/C13H14ClF3N2O2/c1-21-12(20)8-2-4-19(5-3-8)11-10(14)6-9(7-18-11)13(15,16)17/h6-8H,2-5H2,1H3. The molecule has 0 aliphatic carbocycles. The van der Waals surface area contributed by atoms with E-state index in [1.54, 1.807) is 4.90 Å². The molecule has 2 heterocycles. The maximum atomic E-state index is 12.6. The predicted octanol–water partition coefficient (Wildman–Crippen LogP) is 3.14. The van der Waals surface area contributed by atoms with Crippen LogP contribution < -0.4 is 4.90 Å². The van der Waals surface area contributed by atoms with Crippen LogP contribution in [0.5, 0.6) is 0 Å². The van der Waals surface area contributed by atoms with Gasteiger partial charge in [-0.2, -0.15) is 13.2 Å². The largest absolute Gasteiger partial charge is 0.469 e. The Kier molecular flexibility index (Phi) is 4.61. The molecule has 1 aliphatic rings. The smallest absolute Gasteiger partial charge is 0.417 e. The van der Waals surface area contributed by atoms with Gasteiger partial charge in [-0.05, 0) is 18.9 Å². The number of halogens is 4. The quantitative estimate of drug-likeness (QED) is 0.785. The zero-order chi connectivity index (χ0) is 15.6. The van der Waals surface area contributed by atoms with Gasteiger partial charge < -0.3 is 9.64 Å². The summed E-state index contributed by atoms with van der Waals surface area (Å²) in [5.74, 6) is -0.131. The Hall–Kier alpha value is -1.50. The number of nitrogens with zero attached hydrogens (tertiary/aromatic N) is 2. The summed E-state index contributed by atoms with van der Waals surface area (Å²) in [6, 6.07) is 0.871. The molecule has 0 N–H and O–H groups in total. The van der Waals surface area contributed by atoms with Crippen LogP contribution >= 0.6 is 11.6 Å². The van der Waals surface area contributed by atoms with Gasteiger partial charge in [-0.25, -0.2) is 4.98 Å². The Morgan fingerprint density at radius 2 is 2.05 bits per heavy atom. The number of carbonyl (C=O) groups excluding carboxylic acids is 1. The molecule has 116 valence electrons. The molecule has 1 aromatic heterocycles. The van der Waals surface area contributed by atoms with E-state index >= 15 is 0 Å². The second-order valence-corrected chi connectivity index (χ2v) is 5.22. The number of methoxy groups -OCH3 is 1. The van der Waals surface area contributed by atoms with E-state index in [4.69, 9.17) is 11.6 Å². The van der Waals surface area contributed by atoms with Crippen LogP contribution in [-0.4, -0.2) is 31.2 Å². The highest BCUT2D eigenvalue weighted by atomic mass is 35.5. The van der Waals surface area contributed by atoms with Gasteiger partial charge in [0.2, 0.25) is 0 Å². The van der Waals surface area contributed by atoms with Gasteiger partial charge in [-0.1, -0.05) is 11.6 Å². The first-order valence-electron chi connectivity index (χ1n) is 6.38. The zero-order valence-corrected chi connectivity index (χ0v) is 12.0. The summed E-state index contributed by atoms with van der Waals surface area (Å²) < 4.78 is 42.4. The fraction of sp³-hybridized carbons (Fsp3) is 0.538. The van der Waals surface area contributed by atoms with Crippen LogP contribution in [0.2, 0.25) is 5.02 Å². The van der Waals surface area contributed by atoms with Crippen LogP contribution in [-0.2, 0) is 15.7 Å². The lowest BCUT2D eigenvalue weighted by Gasteiger charge is -2.32. The molecule has 0 bridgehead atoms. The van der Waals surface area contributed by atoms with Crippen molar-refractivity contribution < 1.29 is 22.7 Å². The number of anilines is 1. The van der Waals surface area contributed by atoms with E-state index in [-0.39, 0.29) is 16.9 Å². The maximum absolute atomic E-state index is 12.6. The third-order valence-corrected chi connectivity index (χ3v) is 3.76. The topological polar surface area (TPSA) is 42.4 Å². The van der Waals surface area contributed by atoms with Crippen molar-refractivity contribution in [1.82, 2.24) is 4.98 Å². The molecule has 1 fully saturated rings. The molecule has 0 aromatic carbocycles. The van der Waals surface area contributed by atoms with Gasteiger partial charge in [-0.3, -0.25) is 4.79 Å². The number of alkyl halides is 3. The van der Waals surface area contributed by atoms with Gasteiger partial charge in [0.1, 0.15) is 5.82 Å². The van der Waals surface area contributed by atoms with Gasteiger partial charge >= 0.3 is 12.1 Å². The first-order chi connectivity index (χ1) is 9.82. The Bertz CT molecular complexity index is 529.